The van der Waals surface area contributed by atoms with Gasteiger partial charge in [0.25, 0.3) is 0 Å². The summed E-state index contributed by atoms with van der Waals surface area (Å²) >= 11 is 0. The maximum Gasteiger partial charge on any atom is 0.147 e. The van der Waals surface area contributed by atoms with Crippen LogP contribution in [0, 0.1) is 0 Å². The molecular formula is C22H24IO3P. The van der Waals surface area contributed by atoms with Crippen molar-refractivity contribution >= 4 is 9.24 Å². The monoisotopic (exact) mass is 494 g/mol. The molecule has 3 nitrogen and oxygen atoms in total. The first kappa shape index (κ1) is 21.5. The Labute approximate surface area is 180 Å². The third-order valence-electron chi connectivity index (χ3n) is 4.75. The summed E-state index contributed by atoms with van der Waals surface area (Å²) in [5.74, 6) is 2.55. The van der Waals surface area contributed by atoms with Crippen LogP contribution in [-0.4, -0.2) is 21.3 Å². The molecule has 1 atom stereocenters. The Morgan fingerprint density at radius 1 is 0.519 bits per heavy atom. The van der Waals surface area contributed by atoms with Crippen molar-refractivity contribution in [1.29, 1.82) is 0 Å². The molecule has 0 heterocycles. The summed E-state index contributed by atoms with van der Waals surface area (Å²) < 4.78 is 16.0. The molecule has 0 bridgehead atoms. The highest BCUT2D eigenvalue weighted by atomic mass is 127. The highest BCUT2D eigenvalue weighted by Gasteiger charge is 2.36. The molecule has 27 heavy (non-hydrogen) atoms. The first-order valence-electron chi connectivity index (χ1n) is 8.40. The Balaban J connectivity index is 0.00000261. The van der Waals surface area contributed by atoms with Crippen molar-refractivity contribution in [2.24, 2.45) is 0 Å². The van der Waals surface area contributed by atoms with E-state index in [1.54, 1.807) is 21.3 Å². The van der Waals surface area contributed by atoms with Crippen LogP contribution in [0.3, 0.4) is 0 Å². The van der Waals surface area contributed by atoms with Gasteiger partial charge in [0.2, 0.25) is 0 Å². The molecule has 0 fully saturated rings. The number of methoxy groups -OCH3 is 3. The van der Waals surface area contributed by atoms with E-state index in [-0.39, 0.29) is 29.1 Å². The molecule has 3 rings (SSSR count). The fraction of sp³-hybridized carbons (Fsp3) is 0.182. The number of rotatable bonds is 6. The average molecular weight is 494 g/mol. The SMILES string of the molecule is COc1ccc(C([PH3+])(c2ccc(OC)cc2)c2ccc(OC)cc2)cc1.[I-]. The van der Waals surface area contributed by atoms with Crippen LogP contribution in [0.5, 0.6) is 17.2 Å². The van der Waals surface area contributed by atoms with Gasteiger partial charge in [-0.1, -0.05) is 36.4 Å². The van der Waals surface area contributed by atoms with Gasteiger partial charge < -0.3 is 38.2 Å². The van der Waals surface area contributed by atoms with Gasteiger partial charge >= 0.3 is 0 Å². The molecule has 0 aliphatic rings. The van der Waals surface area contributed by atoms with E-state index in [2.05, 4.69) is 36.4 Å². The van der Waals surface area contributed by atoms with Gasteiger partial charge in [0.05, 0.1) is 21.3 Å². The second kappa shape index (κ2) is 9.43. The Morgan fingerprint density at radius 2 is 0.741 bits per heavy atom. The molecule has 0 aliphatic carbocycles. The predicted octanol–water partition coefficient (Wildman–Crippen LogP) is 1.62. The Morgan fingerprint density at radius 3 is 0.926 bits per heavy atom. The van der Waals surface area contributed by atoms with Crippen LogP contribution in [0.25, 0.3) is 0 Å². The molecule has 3 aromatic carbocycles. The first-order chi connectivity index (χ1) is 12.6. The van der Waals surface area contributed by atoms with Crippen LogP contribution >= 0.6 is 9.24 Å². The van der Waals surface area contributed by atoms with E-state index in [0.717, 1.165) is 17.2 Å². The van der Waals surface area contributed by atoms with E-state index in [0.29, 0.717) is 0 Å². The second-order valence-corrected chi connectivity index (χ2v) is 7.15. The smallest absolute Gasteiger partial charge is 0.147 e. The van der Waals surface area contributed by atoms with E-state index < -0.39 is 0 Å². The molecule has 0 N–H and O–H groups in total. The molecule has 0 radical (unpaired) electrons. The van der Waals surface area contributed by atoms with E-state index in [9.17, 15) is 0 Å². The Kier molecular flexibility index (Phi) is 7.51. The highest BCUT2D eigenvalue weighted by molar-refractivity contribution is 7.19. The molecule has 0 saturated heterocycles. The number of hydrogen-bond acceptors (Lipinski definition) is 3. The fourth-order valence-corrected chi connectivity index (χ4v) is 3.83. The zero-order chi connectivity index (χ0) is 18.6. The van der Waals surface area contributed by atoms with Gasteiger partial charge in [-0.2, -0.15) is 0 Å². The van der Waals surface area contributed by atoms with Gasteiger partial charge in [0.1, 0.15) is 22.4 Å². The van der Waals surface area contributed by atoms with Gasteiger partial charge in [-0.15, -0.1) is 0 Å². The lowest BCUT2D eigenvalue weighted by Gasteiger charge is -2.27. The number of halogens is 1. The fourth-order valence-electron chi connectivity index (χ4n) is 3.13. The molecule has 0 aromatic heterocycles. The van der Waals surface area contributed by atoms with Gasteiger partial charge in [-0.05, 0) is 45.6 Å². The van der Waals surface area contributed by atoms with Crippen molar-refractivity contribution in [3.8, 4) is 17.2 Å². The number of ether oxygens (including phenoxy) is 3. The lowest BCUT2D eigenvalue weighted by molar-refractivity contribution is -0.00000602. The van der Waals surface area contributed by atoms with Crippen molar-refractivity contribution in [1.82, 2.24) is 0 Å². The van der Waals surface area contributed by atoms with E-state index in [1.165, 1.54) is 16.7 Å². The van der Waals surface area contributed by atoms with Gasteiger partial charge in [-0.3, -0.25) is 0 Å². The first-order valence-corrected chi connectivity index (χ1v) is 9.11. The van der Waals surface area contributed by atoms with Gasteiger partial charge in [-0.25, -0.2) is 0 Å². The van der Waals surface area contributed by atoms with Crippen molar-refractivity contribution in [2.75, 3.05) is 21.3 Å². The van der Waals surface area contributed by atoms with Crippen LogP contribution in [0.2, 0.25) is 0 Å². The highest BCUT2D eigenvalue weighted by Crippen LogP contribution is 2.46. The van der Waals surface area contributed by atoms with E-state index in [4.69, 9.17) is 14.2 Å². The average Bonchev–Trinajstić information content (AvgIpc) is 2.73. The topological polar surface area (TPSA) is 27.7 Å². The molecule has 3 aromatic rings. The summed E-state index contributed by atoms with van der Waals surface area (Å²) in [4.78, 5) is 0. The minimum absolute atomic E-state index is 0. The molecule has 1 unspecified atom stereocenters. The normalized spacial score (nSPS) is 10.8. The maximum atomic E-state index is 5.32. The third-order valence-corrected chi connectivity index (χ3v) is 5.97. The van der Waals surface area contributed by atoms with Crippen LogP contribution < -0.4 is 38.2 Å². The van der Waals surface area contributed by atoms with Crippen LogP contribution in [0.4, 0.5) is 0 Å². The second-order valence-electron chi connectivity index (χ2n) is 6.09. The zero-order valence-electron chi connectivity index (χ0n) is 15.7. The number of hydrogen-bond donors (Lipinski definition) is 0. The summed E-state index contributed by atoms with van der Waals surface area (Å²) in [5, 5.41) is -0.287. The Bertz CT molecular complexity index is 731. The zero-order valence-corrected chi connectivity index (χ0v) is 19.3. The quantitative estimate of drug-likeness (QED) is 0.296. The summed E-state index contributed by atoms with van der Waals surface area (Å²) in [6.45, 7) is 0. The molecule has 5 heteroatoms. The van der Waals surface area contributed by atoms with E-state index in [1.807, 2.05) is 45.6 Å². The van der Waals surface area contributed by atoms with E-state index >= 15 is 0 Å². The van der Waals surface area contributed by atoms with Crippen molar-refractivity contribution in [2.45, 2.75) is 5.16 Å². The summed E-state index contributed by atoms with van der Waals surface area (Å²) in [6, 6.07) is 24.8. The van der Waals surface area contributed by atoms with Crippen molar-refractivity contribution < 1.29 is 38.2 Å². The Hall–Kier alpha value is -1.78. The molecular weight excluding hydrogens is 470 g/mol. The molecule has 0 saturated carbocycles. The maximum absolute atomic E-state index is 5.32. The summed E-state index contributed by atoms with van der Waals surface area (Å²) in [6.07, 6.45) is 0. The van der Waals surface area contributed by atoms with Gasteiger partial charge in [0.15, 0.2) is 0 Å². The lowest BCUT2D eigenvalue weighted by Crippen LogP contribution is -3.00. The standard InChI is InChI=1S/C22H23O3P.HI/c1-23-19-10-4-16(5-11-19)22(26,17-6-12-20(24-2)13-7-17)18-8-14-21(25-3)15-9-18;/h4-15H,26H2,1-3H3;1H. The summed E-state index contributed by atoms with van der Waals surface area (Å²) in [5.41, 5.74) is 3.60. The molecule has 142 valence electrons. The van der Waals surface area contributed by atoms with Crippen LogP contribution in [-0.2, 0) is 5.16 Å². The summed E-state index contributed by atoms with van der Waals surface area (Å²) in [7, 11) is 7.02. The van der Waals surface area contributed by atoms with Crippen molar-refractivity contribution in [3.05, 3.63) is 89.5 Å². The number of benzene rings is 3. The minimum Gasteiger partial charge on any atom is -1.00 e. The minimum atomic E-state index is -0.287. The molecule has 0 spiro atoms. The molecule has 0 aliphatic heterocycles. The van der Waals surface area contributed by atoms with Crippen LogP contribution in [0.15, 0.2) is 72.8 Å². The van der Waals surface area contributed by atoms with Crippen LogP contribution in [0.1, 0.15) is 16.7 Å². The third kappa shape index (κ3) is 4.39. The predicted molar refractivity (Wildman–Crippen MR) is 110 cm³/mol. The van der Waals surface area contributed by atoms with Crippen molar-refractivity contribution in [3.63, 3.8) is 0 Å². The molecule has 0 amide bonds. The lowest BCUT2D eigenvalue weighted by atomic mass is 9.84. The van der Waals surface area contributed by atoms with Gasteiger partial charge in [0, 0.05) is 16.7 Å². The largest absolute Gasteiger partial charge is 1.00 e.